The molecule has 3 aromatic rings. The van der Waals surface area contributed by atoms with Crippen molar-refractivity contribution in [3.63, 3.8) is 0 Å². The van der Waals surface area contributed by atoms with Crippen molar-refractivity contribution in [3.05, 3.63) is 62.7 Å². The first-order valence-corrected chi connectivity index (χ1v) is 9.11. The summed E-state index contributed by atoms with van der Waals surface area (Å²) in [6.07, 6.45) is 3.04. The van der Waals surface area contributed by atoms with Crippen molar-refractivity contribution in [1.82, 2.24) is 10.3 Å². The van der Waals surface area contributed by atoms with Gasteiger partial charge in [0.1, 0.15) is 5.75 Å². The van der Waals surface area contributed by atoms with E-state index in [1.54, 1.807) is 18.2 Å². The fourth-order valence-electron chi connectivity index (χ4n) is 2.60. The third-order valence-corrected chi connectivity index (χ3v) is 4.95. The van der Waals surface area contributed by atoms with Crippen LogP contribution in [0.1, 0.15) is 11.1 Å². The molecule has 3 rings (SSSR count). The monoisotopic (exact) mass is 450 g/mol. The predicted molar refractivity (Wildman–Crippen MR) is 102 cm³/mol. The molecule has 3 N–H and O–H groups in total. The van der Waals surface area contributed by atoms with Crippen LogP contribution < -0.4 is 5.32 Å². The molecule has 124 valence electrons. The molecular formula is C18H16Br2N2O2. The van der Waals surface area contributed by atoms with Gasteiger partial charge in [-0.1, -0.05) is 22.0 Å². The number of benzene rings is 2. The molecule has 2 aromatic carbocycles. The average Bonchev–Trinajstić information content (AvgIpc) is 2.93. The van der Waals surface area contributed by atoms with Crippen molar-refractivity contribution < 1.29 is 9.90 Å². The summed E-state index contributed by atoms with van der Waals surface area (Å²) in [5, 5.41) is 13.6. The van der Waals surface area contributed by atoms with Crippen molar-refractivity contribution in [2.75, 3.05) is 6.54 Å². The molecule has 0 saturated heterocycles. The lowest BCUT2D eigenvalue weighted by molar-refractivity contribution is -0.120. The number of carbonyl (C=O) groups is 1. The maximum Gasteiger partial charge on any atom is 0.224 e. The van der Waals surface area contributed by atoms with Crippen molar-refractivity contribution >= 4 is 48.7 Å². The molecule has 6 heteroatoms. The summed E-state index contributed by atoms with van der Waals surface area (Å²) in [4.78, 5) is 15.3. The quantitative estimate of drug-likeness (QED) is 0.541. The molecular weight excluding hydrogens is 436 g/mol. The number of aromatic nitrogens is 1. The second kappa shape index (κ2) is 7.40. The summed E-state index contributed by atoms with van der Waals surface area (Å²) < 4.78 is 1.63. The van der Waals surface area contributed by atoms with Gasteiger partial charge in [-0.15, -0.1) is 0 Å². The van der Waals surface area contributed by atoms with E-state index in [1.165, 1.54) is 10.9 Å². The Hall–Kier alpha value is -1.79. The van der Waals surface area contributed by atoms with Crippen LogP contribution in [0, 0.1) is 0 Å². The highest BCUT2D eigenvalue weighted by Crippen LogP contribution is 2.24. The standard InChI is InChI=1S/C18H16Br2N2O2/c19-13-2-3-16-14(9-13)12(10-22-16)5-6-21-18(24)8-11-1-4-17(23)15(20)7-11/h1-4,7,9-10,22-23H,5-6,8H2,(H,21,24). The maximum absolute atomic E-state index is 12.1. The lowest BCUT2D eigenvalue weighted by Gasteiger charge is -2.06. The number of amides is 1. The first-order valence-electron chi connectivity index (χ1n) is 7.52. The molecule has 0 spiro atoms. The summed E-state index contributed by atoms with van der Waals surface area (Å²) in [5.74, 6) is 0.137. The van der Waals surface area contributed by atoms with Crippen LogP contribution in [0.4, 0.5) is 0 Å². The zero-order valence-corrected chi connectivity index (χ0v) is 15.9. The fraction of sp³-hybridized carbons (Fsp3) is 0.167. The third-order valence-electron chi connectivity index (χ3n) is 3.82. The third kappa shape index (κ3) is 3.99. The minimum absolute atomic E-state index is 0.0337. The van der Waals surface area contributed by atoms with Gasteiger partial charge in [-0.2, -0.15) is 0 Å². The number of H-pyrrole nitrogens is 1. The largest absolute Gasteiger partial charge is 0.507 e. The molecule has 0 bridgehead atoms. The van der Waals surface area contributed by atoms with E-state index < -0.39 is 0 Å². The van der Waals surface area contributed by atoms with E-state index in [0.29, 0.717) is 11.0 Å². The molecule has 0 aliphatic heterocycles. The van der Waals surface area contributed by atoms with Crippen molar-refractivity contribution in [3.8, 4) is 5.75 Å². The van der Waals surface area contributed by atoms with Crippen LogP contribution >= 0.6 is 31.9 Å². The summed E-state index contributed by atoms with van der Waals surface area (Å²) in [6, 6.07) is 11.2. The van der Waals surface area contributed by atoms with Crippen molar-refractivity contribution in [1.29, 1.82) is 0 Å². The van der Waals surface area contributed by atoms with Crippen molar-refractivity contribution in [2.45, 2.75) is 12.8 Å². The second-order valence-corrected chi connectivity index (χ2v) is 7.34. The number of fused-ring (bicyclic) bond motifs is 1. The molecule has 1 aromatic heterocycles. The van der Waals surface area contributed by atoms with Gasteiger partial charge in [-0.25, -0.2) is 0 Å². The lowest BCUT2D eigenvalue weighted by Crippen LogP contribution is -2.27. The number of nitrogens with one attached hydrogen (secondary N) is 2. The maximum atomic E-state index is 12.1. The van der Waals surface area contributed by atoms with Gasteiger partial charge >= 0.3 is 0 Å². The highest BCUT2D eigenvalue weighted by molar-refractivity contribution is 9.10. The molecule has 24 heavy (non-hydrogen) atoms. The van der Waals surface area contributed by atoms with Crippen molar-refractivity contribution in [2.24, 2.45) is 0 Å². The number of hydrogen-bond donors (Lipinski definition) is 3. The van der Waals surface area contributed by atoms with Gasteiger partial charge in [0.2, 0.25) is 5.91 Å². The molecule has 0 radical (unpaired) electrons. The first-order chi connectivity index (χ1) is 11.5. The number of hydrogen-bond acceptors (Lipinski definition) is 2. The van der Waals surface area contributed by atoms with Crippen LogP contribution in [-0.2, 0) is 17.6 Å². The van der Waals surface area contributed by atoms with Gasteiger partial charge in [0, 0.05) is 28.1 Å². The molecule has 0 fully saturated rings. The number of halogens is 2. The van der Waals surface area contributed by atoms with Crippen LogP contribution in [0.25, 0.3) is 10.9 Å². The Morgan fingerprint density at radius 2 is 2.00 bits per heavy atom. The summed E-state index contributed by atoms with van der Waals surface area (Å²) >= 11 is 6.74. The molecule has 0 aliphatic rings. The van der Waals surface area contributed by atoms with E-state index in [9.17, 15) is 9.90 Å². The lowest BCUT2D eigenvalue weighted by atomic mass is 10.1. The van der Waals surface area contributed by atoms with Crippen LogP contribution in [0.15, 0.2) is 51.5 Å². The Bertz CT molecular complexity index is 890. The Labute approximate surface area is 156 Å². The summed E-state index contributed by atoms with van der Waals surface area (Å²) in [5.41, 5.74) is 3.13. The number of phenolic OH excluding ortho intramolecular Hbond substituents is 1. The smallest absolute Gasteiger partial charge is 0.224 e. The minimum atomic E-state index is -0.0337. The molecule has 1 heterocycles. The highest BCUT2D eigenvalue weighted by atomic mass is 79.9. The molecule has 0 unspecified atom stereocenters. The van der Waals surface area contributed by atoms with E-state index in [4.69, 9.17) is 0 Å². The van der Waals surface area contributed by atoms with Gasteiger partial charge in [0.25, 0.3) is 0 Å². The number of phenols is 1. The Kier molecular flexibility index (Phi) is 5.26. The van der Waals surface area contributed by atoms with Crippen LogP contribution in [0.2, 0.25) is 0 Å². The molecule has 0 atom stereocenters. The number of carbonyl (C=O) groups excluding carboxylic acids is 1. The highest BCUT2D eigenvalue weighted by Gasteiger charge is 2.07. The van der Waals surface area contributed by atoms with E-state index in [-0.39, 0.29) is 18.1 Å². The van der Waals surface area contributed by atoms with Gasteiger partial charge in [-0.05, 0) is 63.8 Å². The zero-order chi connectivity index (χ0) is 17.1. The number of aromatic amines is 1. The van der Waals surface area contributed by atoms with Crippen LogP contribution in [0.5, 0.6) is 5.75 Å². The second-order valence-electron chi connectivity index (χ2n) is 5.57. The van der Waals surface area contributed by atoms with E-state index in [2.05, 4.69) is 48.2 Å². The molecule has 4 nitrogen and oxygen atoms in total. The van der Waals surface area contributed by atoms with Gasteiger partial charge in [0.15, 0.2) is 0 Å². The predicted octanol–water partition coefficient (Wildman–Crippen LogP) is 4.30. The van der Waals surface area contributed by atoms with E-state index in [0.717, 1.165) is 22.0 Å². The summed E-state index contributed by atoms with van der Waals surface area (Å²) in [6.45, 7) is 0.581. The molecule has 0 saturated carbocycles. The molecule has 1 amide bonds. The van der Waals surface area contributed by atoms with E-state index >= 15 is 0 Å². The Morgan fingerprint density at radius 3 is 2.79 bits per heavy atom. The summed E-state index contributed by atoms with van der Waals surface area (Å²) in [7, 11) is 0. The average molecular weight is 452 g/mol. The molecule has 0 aliphatic carbocycles. The van der Waals surface area contributed by atoms with E-state index in [1.807, 2.05) is 18.3 Å². The first kappa shape index (κ1) is 17.0. The zero-order valence-electron chi connectivity index (χ0n) is 12.8. The van der Waals surface area contributed by atoms with Gasteiger partial charge in [-0.3, -0.25) is 4.79 Å². The Morgan fingerprint density at radius 1 is 1.17 bits per heavy atom. The van der Waals surface area contributed by atoms with Crippen LogP contribution in [-0.4, -0.2) is 22.5 Å². The number of aromatic hydroxyl groups is 1. The number of rotatable bonds is 5. The SMILES string of the molecule is O=C(Cc1ccc(O)c(Br)c1)NCCc1c[nH]c2ccc(Br)cc12. The normalized spacial score (nSPS) is 10.9. The topological polar surface area (TPSA) is 65.1 Å². The Balaban J connectivity index is 1.56. The van der Waals surface area contributed by atoms with Gasteiger partial charge < -0.3 is 15.4 Å². The van der Waals surface area contributed by atoms with Gasteiger partial charge in [0.05, 0.1) is 10.9 Å². The van der Waals surface area contributed by atoms with Crippen LogP contribution in [0.3, 0.4) is 0 Å². The minimum Gasteiger partial charge on any atom is -0.507 e. The fourth-order valence-corrected chi connectivity index (χ4v) is 3.39.